The number of aryl methyl sites for hydroxylation is 1. The highest BCUT2D eigenvalue weighted by Crippen LogP contribution is 2.39. The Morgan fingerprint density at radius 2 is 1.68 bits per heavy atom. The molecule has 38 heavy (non-hydrogen) atoms. The molecule has 0 radical (unpaired) electrons. The van der Waals surface area contributed by atoms with Crippen LogP contribution in [0.2, 0.25) is 10.0 Å². The molecular weight excluding hydrogens is 529 g/mol. The molecule has 1 spiro atoms. The molecule has 1 aromatic heterocycles. The van der Waals surface area contributed by atoms with Crippen LogP contribution in [0.25, 0.3) is 0 Å². The van der Waals surface area contributed by atoms with E-state index < -0.39 is 11.8 Å². The van der Waals surface area contributed by atoms with Crippen LogP contribution in [0.15, 0.2) is 65.3 Å². The van der Waals surface area contributed by atoms with E-state index in [1.54, 1.807) is 52.3 Å². The summed E-state index contributed by atoms with van der Waals surface area (Å²) in [6.07, 6.45) is 2.26. The minimum atomic E-state index is -1.01. The van der Waals surface area contributed by atoms with Gasteiger partial charge in [0.15, 0.2) is 0 Å². The number of halogens is 2. The monoisotopic (exact) mass is 555 g/mol. The molecule has 1 unspecified atom stereocenters. The van der Waals surface area contributed by atoms with E-state index in [0.29, 0.717) is 52.9 Å². The van der Waals surface area contributed by atoms with Crippen molar-refractivity contribution in [2.45, 2.75) is 38.1 Å². The smallest absolute Gasteiger partial charge is 0.256 e. The van der Waals surface area contributed by atoms with Crippen molar-refractivity contribution in [2.24, 2.45) is 0 Å². The molecule has 3 amide bonds. The van der Waals surface area contributed by atoms with Gasteiger partial charge in [-0.2, -0.15) is 0 Å². The molecule has 0 saturated carbocycles. The number of hydrogen-bond acceptors (Lipinski definition) is 5. The third kappa shape index (κ3) is 5.16. The van der Waals surface area contributed by atoms with Crippen molar-refractivity contribution in [3.8, 4) is 0 Å². The lowest BCUT2D eigenvalue weighted by molar-refractivity contribution is -0.128. The third-order valence-corrected chi connectivity index (χ3v) is 7.84. The Bertz CT molecular complexity index is 1340. The molecule has 2 aromatic carbocycles. The topological polar surface area (TPSA) is 92.1 Å². The zero-order valence-corrected chi connectivity index (χ0v) is 22.3. The molecule has 2 saturated heterocycles. The number of hydrogen-bond donors (Lipinski definition) is 1. The molecule has 3 aromatic rings. The maximum atomic E-state index is 13.8. The number of benzene rings is 2. The first-order valence-corrected chi connectivity index (χ1v) is 13.1. The van der Waals surface area contributed by atoms with Crippen molar-refractivity contribution in [3.05, 3.63) is 93.4 Å². The molecule has 0 bridgehead atoms. The average Bonchev–Trinajstić information content (AvgIpc) is 3.57. The highest BCUT2D eigenvalue weighted by molar-refractivity contribution is 6.42. The van der Waals surface area contributed by atoms with E-state index in [-0.39, 0.29) is 30.9 Å². The van der Waals surface area contributed by atoms with Crippen molar-refractivity contribution in [3.63, 3.8) is 0 Å². The van der Waals surface area contributed by atoms with E-state index in [4.69, 9.17) is 32.4 Å². The molecule has 10 heteroatoms. The summed E-state index contributed by atoms with van der Waals surface area (Å²) in [4.78, 5) is 43.5. The van der Waals surface area contributed by atoms with Gasteiger partial charge >= 0.3 is 0 Å². The van der Waals surface area contributed by atoms with Crippen LogP contribution in [0, 0.1) is 6.92 Å². The SMILES string of the molecule is Cc1ccc(C(=O)N2C(C(=O)NCc3ccco3)COC23CCN(C(=O)c2ccc(Cl)c(Cl)c2)CC3)cc1. The van der Waals surface area contributed by atoms with Crippen molar-refractivity contribution >= 4 is 40.9 Å². The number of likely N-dealkylation sites (tertiary alicyclic amines) is 1. The Morgan fingerprint density at radius 1 is 0.974 bits per heavy atom. The minimum absolute atomic E-state index is 0.0579. The van der Waals surface area contributed by atoms with Crippen molar-refractivity contribution in [2.75, 3.05) is 19.7 Å². The van der Waals surface area contributed by atoms with Crippen LogP contribution in [-0.2, 0) is 16.1 Å². The zero-order valence-electron chi connectivity index (χ0n) is 20.8. The van der Waals surface area contributed by atoms with Crippen LogP contribution in [0.5, 0.6) is 0 Å². The number of carbonyl (C=O) groups excluding carboxylic acids is 3. The van der Waals surface area contributed by atoms with Gasteiger partial charge in [-0.15, -0.1) is 0 Å². The summed E-state index contributed by atoms with van der Waals surface area (Å²) >= 11 is 12.1. The van der Waals surface area contributed by atoms with Gasteiger partial charge in [0.2, 0.25) is 5.91 Å². The maximum Gasteiger partial charge on any atom is 0.256 e. The fourth-order valence-corrected chi connectivity index (χ4v) is 5.28. The van der Waals surface area contributed by atoms with Gasteiger partial charge in [0.25, 0.3) is 11.8 Å². The number of rotatable bonds is 5. The number of nitrogens with one attached hydrogen (secondary N) is 1. The lowest BCUT2D eigenvalue weighted by Gasteiger charge is -2.44. The van der Waals surface area contributed by atoms with Crippen LogP contribution in [0.4, 0.5) is 0 Å². The number of ether oxygens (including phenoxy) is 1. The van der Waals surface area contributed by atoms with Crippen LogP contribution in [-0.4, -0.2) is 59.0 Å². The van der Waals surface area contributed by atoms with Gasteiger partial charge in [0.05, 0.1) is 29.5 Å². The zero-order chi connectivity index (χ0) is 26.9. The molecule has 1 N–H and O–H groups in total. The van der Waals surface area contributed by atoms with E-state index in [1.807, 2.05) is 19.1 Å². The van der Waals surface area contributed by atoms with Gasteiger partial charge < -0.3 is 19.4 Å². The maximum absolute atomic E-state index is 13.8. The Kier molecular flexibility index (Phi) is 7.47. The highest BCUT2D eigenvalue weighted by Gasteiger charge is 2.54. The molecule has 0 aliphatic carbocycles. The van der Waals surface area contributed by atoms with Gasteiger partial charge in [-0.1, -0.05) is 40.9 Å². The van der Waals surface area contributed by atoms with Gasteiger partial charge in [0.1, 0.15) is 17.5 Å². The Morgan fingerprint density at radius 3 is 2.34 bits per heavy atom. The number of piperidine rings is 1. The number of nitrogens with zero attached hydrogens (tertiary/aromatic N) is 2. The largest absolute Gasteiger partial charge is 0.467 e. The standard InChI is InChI=1S/C28H27Cl2N3O5/c1-18-4-6-19(7-5-18)27(36)33-24(25(34)31-16-21-3-2-14-37-21)17-38-28(33)10-12-32(13-11-28)26(35)20-8-9-22(29)23(30)15-20/h2-9,14-15,24H,10-13,16-17H2,1H3,(H,31,34). The second kappa shape index (κ2) is 10.8. The van der Waals surface area contributed by atoms with Crippen LogP contribution >= 0.6 is 23.2 Å². The van der Waals surface area contributed by atoms with Crippen molar-refractivity contribution in [1.29, 1.82) is 0 Å². The highest BCUT2D eigenvalue weighted by atomic mass is 35.5. The third-order valence-electron chi connectivity index (χ3n) is 7.10. The quantitative estimate of drug-likeness (QED) is 0.493. The van der Waals surface area contributed by atoms with E-state index in [9.17, 15) is 14.4 Å². The lowest BCUT2D eigenvalue weighted by Crippen LogP contribution is -2.59. The molecule has 5 rings (SSSR count). The van der Waals surface area contributed by atoms with Crippen molar-refractivity contribution in [1.82, 2.24) is 15.1 Å². The summed E-state index contributed by atoms with van der Waals surface area (Å²) < 4.78 is 11.6. The normalized spacial score (nSPS) is 18.6. The first kappa shape index (κ1) is 26.3. The van der Waals surface area contributed by atoms with Crippen molar-refractivity contribution < 1.29 is 23.5 Å². The first-order valence-electron chi connectivity index (χ1n) is 12.4. The van der Waals surface area contributed by atoms with Gasteiger partial charge in [-0.05, 0) is 49.4 Å². The summed E-state index contributed by atoms with van der Waals surface area (Å²) in [5.74, 6) is -0.184. The fourth-order valence-electron chi connectivity index (χ4n) is 4.98. The molecule has 2 aliphatic rings. The second-order valence-electron chi connectivity index (χ2n) is 9.53. The Labute approximate surface area is 230 Å². The van der Waals surface area contributed by atoms with E-state index in [1.165, 1.54) is 6.26 Å². The number of carbonyl (C=O) groups is 3. The molecule has 2 aliphatic heterocycles. The molecule has 3 heterocycles. The Hall–Kier alpha value is -3.33. The summed E-state index contributed by atoms with van der Waals surface area (Å²) in [7, 11) is 0. The predicted octanol–water partition coefficient (Wildman–Crippen LogP) is 4.68. The second-order valence-corrected chi connectivity index (χ2v) is 10.3. The molecule has 198 valence electrons. The fraction of sp³-hybridized carbons (Fsp3) is 0.321. The van der Waals surface area contributed by atoms with E-state index >= 15 is 0 Å². The Balaban J connectivity index is 1.36. The van der Waals surface area contributed by atoms with Crippen LogP contribution in [0.1, 0.15) is 44.9 Å². The lowest BCUT2D eigenvalue weighted by atomic mass is 9.96. The van der Waals surface area contributed by atoms with E-state index in [2.05, 4.69) is 5.32 Å². The molecule has 8 nitrogen and oxygen atoms in total. The van der Waals surface area contributed by atoms with Crippen LogP contribution in [0.3, 0.4) is 0 Å². The molecular formula is C28H27Cl2N3O5. The summed E-state index contributed by atoms with van der Waals surface area (Å²) in [5, 5.41) is 3.54. The number of furan rings is 1. The van der Waals surface area contributed by atoms with E-state index in [0.717, 1.165) is 5.56 Å². The van der Waals surface area contributed by atoms with Crippen LogP contribution < -0.4 is 5.32 Å². The first-order chi connectivity index (χ1) is 18.3. The van der Waals surface area contributed by atoms with Gasteiger partial charge in [-0.3, -0.25) is 19.3 Å². The summed E-state index contributed by atoms with van der Waals surface area (Å²) in [6.45, 7) is 2.89. The molecule has 2 fully saturated rings. The average molecular weight is 556 g/mol. The van der Waals surface area contributed by atoms with Gasteiger partial charge in [0, 0.05) is 37.1 Å². The summed E-state index contributed by atoms with van der Waals surface area (Å²) in [6, 6.07) is 14.7. The predicted molar refractivity (Wildman–Crippen MR) is 142 cm³/mol. The minimum Gasteiger partial charge on any atom is -0.467 e. The van der Waals surface area contributed by atoms with Gasteiger partial charge in [-0.25, -0.2) is 0 Å². The molecule has 1 atom stereocenters. The number of amides is 3. The summed E-state index contributed by atoms with van der Waals surface area (Å²) in [5.41, 5.74) is 0.920.